The van der Waals surface area contributed by atoms with Crippen molar-refractivity contribution < 1.29 is 33.8 Å². The van der Waals surface area contributed by atoms with E-state index < -0.39 is 29.0 Å². The van der Waals surface area contributed by atoms with Crippen LogP contribution in [0.15, 0.2) is 84.5 Å². The van der Waals surface area contributed by atoms with E-state index in [9.17, 15) is 29.5 Å². The van der Waals surface area contributed by atoms with Gasteiger partial charge in [-0.1, -0.05) is 83.5 Å². The highest BCUT2D eigenvalue weighted by molar-refractivity contribution is 7.13. The number of nitriles is 1. The molecular weight excluding hydrogens is 978 g/mol. The predicted molar refractivity (Wildman–Crippen MR) is 283 cm³/mol. The number of aromatic nitrogens is 2. The number of aliphatic hydroxyl groups is 1. The molecule has 0 radical (unpaired) electrons. The van der Waals surface area contributed by atoms with Crippen LogP contribution in [0.25, 0.3) is 10.4 Å². The third kappa shape index (κ3) is 10.4. The molecule has 0 bridgehead atoms. The topological polar surface area (TPSA) is 194 Å². The number of carbonyl (C=O) groups is 4. The van der Waals surface area contributed by atoms with Gasteiger partial charge < -0.3 is 39.9 Å². The fourth-order valence-corrected chi connectivity index (χ4v) is 12.6. The van der Waals surface area contributed by atoms with Crippen molar-refractivity contribution in [3.8, 4) is 28.0 Å². The number of likely N-dealkylation sites (tertiary alicyclic amines) is 1. The lowest BCUT2D eigenvalue weighted by molar-refractivity contribution is -0.164. The van der Waals surface area contributed by atoms with E-state index in [-0.39, 0.29) is 61.2 Å². The van der Waals surface area contributed by atoms with Crippen LogP contribution in [0.4, 0.5) is 5.82 Å². The number of piperazine rings is 1. The first kappa shape index (κ1) is 52.3. The number of aryl methyl sites for hydroxylation is 1. The molecule has 4 amide bonds. The number of ether oxygens (including phenoxy) is 2. The second-order valence-corrected chi connectivity index (χ2v) is 22.6. The molecule has 18 heteroatoms. The van der Waals surface area contributed by atoms with Gasteiger partial charge >= 0.3 is 0 Å². The smallest absolute Gasteiger partial charge is 0.255 e. The van der Waals surface area contributed by atoms with Gasteiger partial charge in [0.05, 0.1) is 38.3 Å². The number of rotatable bonds is 16. The summed E-state index contributed by atoms with van der Waals surface area (Å²) in [5, 5.41) is 26.7. The quantitative estimate of drug-likeness (QED) is 0.0909. The van der Waals surface area contributed by atoms with Gasteiger partial charge in [-0.05, 0) is 60.4 Å². The maximum absolute atomic E-state index is 14.3. The Hall–Kier alpha value is -6.58. The van der Waals surface area contributed by atoms with Gasteiger partial charge in [0.2, 0.25) is 11.8 Å². The number of nitrogens with one attached hydrogen (secondary N) is 2. The van der Waals surface area contributed by atoms with E-state index in [2.05, 4.69) is 59.2 Å². The zero-order valence-electron chi connectivity index (χ0n) is 42.9. The van der Waals surface area contributed by atoms with Crippen LogP contribution in [-0.2, 0) is 22.7 Å². The third-order valence-corrected chi connectivity index (χ3v) is 16.6. The lowest BCUT2D eigenvalue weighted by Gasteiger charge is -2.63. The molecule has 1 unspecified atom stereocenters. The zero-order chi connectivity index (χ0) is 52.6. The van der Waals surface area contributed by atoms with Crippen molar-refractivity contribution >= 4 is 52.4 Å². The van der Waals surface area contributed by atoms with E-state index in [1.807, 2.05) is 74.8 Å². The van der Waals surface area contributed by atoms with E-state index in [4.69, 9.17) is 26.1 Å². The molecule has 0 spiro atoms. The summed E-state index contributed by atoms with van der Waals surface area (Å²) in [6.07, 6.45) is 0.615. The number of halogens is 1. The number of fused-ring (bicyclic) bond motifs is 1. The Labute approximate surface area is 441 Å². The van der Waals surface area contributed by atoms with Crippen LogP contribution in [-0.4, -0.2) is 130 Å². The Morgan fingerprint density at radius 2 is 1.74 bits per heavy atom. The van der Waals surface area contributed by atoms with Crippen LogP contribution < -0.4 is 25.0 Å². The van der Waals surface area contributed by atoms with Gasteiger partial charge in [0.15, 0.2) is 0 Å². The highest BCUT2D eigenvalue weighted by atomic mass is 35.5. The molecule has 1 saturated carbocycles. The van der Waals surface area contributed by atoms with E-state index in [1.54, 1.807) is 46.7 Å². The first-order chi connectivity index (χ1) is 35.3. The highest BCUT2D eigenvalue weighted by Crippen LogP contribution is 2.55. The zero-order valence-corrected chi connectivity index (χ0v) is 44.5. The number of thiazole rings is 1. The Morgan fingerprint density at radius 1 is 0.986 bits per heavy atom. The lowest BCUT2D eigenvalue weighted by Crippen LogP contribution is -2.74. The van der Waals surface area contributed by atoms with Crippen LogP contribution >= 0.6 is 22.9 Å². The van der Waals surface area contributed by atoms with Crippen LogP contribution in [0.1, 0.15) is 91.1 Å². The van der Waals surface area contributed by atoms with Gasteiger partial charge in [0, 0.05) is 99.0 Å². The molecule has 388 valence electrons. The summed E-state index contributed by atoms with van der Waals surface area (Å²) in [4.78, 5) is 73.2. The molecule has 5 heterocycles. The SMILES string of the molecule is Cc1ncsc1-c1ccc(CNC(=O)[C@@H]2CC(O)CN2C(=O)[C@H](C(C)C)N2Cc3ccccc3C2=O)c(OCCN2CCN(c3ccc(C(=O)NC4C(C)(C)C(Oc5ccc(C#N)c(Cl)c5)C4(C)C)cn3)CC2)c1. The summed E-state index contributed by atoms with van der Waals surface area (Å²) in [6, 6.07) is 22.2. The number of nitrogens with zero attached hydrogens (tertiary/aromatic N) is 7. The summed E-state index contributed by atoms with van der Waals surface area (Å²) in [6.45, 7) is 18.6. The molecule has 9 rings (SSSR count). The first-order valence-electron chi connectivity index (χ1n) is 25.3. The van der Waals surface area contributed by atoms with Gasteiger partial charge in [-0.2, -0.15) is 5.26 Å². The summed E-state index contributed by atoms with van der Waals surface area (Å²) in [7, 11) is 0. The number of pyridine rings is 1. The molecule has 3 aliphatic heterocycles. The maximum Gasteiger partial charge on any atom is 0.255 e. The second kappa shape index (κ2) is 21.3. The molecule has 3 atom stereocenters. The third-order valence-electron chi connectivity index (χ3n) is 15.3. The number of carbonyl (C=O) groups excluding carboxylic acids is 4. The predicted octanol–water partition coefficient (Wildman–Crippen LogP) is 7.11. The van der Waals surface area contributed by atoms with E-state index in [1.165, 1.54) is 4.90 Å². The number of aliphatic hydroxyl groups excluding tert-OH is 1. The average Bonchev–Trinajstić information content (AvgIpc) is 4.12. The molecule has 16 nitrogen and oxygen atoms in total. The molecule has 1 aliphatic carbocycles. The number of benzene rings is 3. The minimum absolute atomic E-state index is 0.000635. The van der Waals surface area contributed by atoms with Crippen molar-refractivity contribution in [2.75, 3.05) is 50.8 Å². The van der Waals surface area contributed by atoms with E-state index >= 15 is 0 Å². The van der Waals surface area contributed by atoms with Crippen molar-refractivity contribution in [2.24, 2.45) is 16.7 Å². The maximum atomic E-state index is 14.3. The van der Waals surface area contributed by atoms with Crippen molar-refractivity contribution in [2.45, 2.75) is 98.3 Å². The fraction of sp³-hybridized carbons (Fsp3) is 0.446. The molecule has 3 fully saturated rings. The Balaban J connectivity index is 0.782. The minimum atomic E-state index is -0.912. The fourth-order valence-electron chi connectivity index (χ4n) is 11.6. The number of hydrogen-bond donors (Lipinski definition) is 3. The summed E-state index contributed by atoms with van der Waals surface area (Å²) >= 11 is 7.82. The van der Waals surface area contributed by atoms with Crippen molar-refractivity contribution in [3.05, 3.63) is 123 Å². The van der Waals surface area contributed by atoms with Gasteiger partial charge in [-0.3, -0.25) is 24.1 Å². The van der Waals surface area contributed by atoms with Gasteiger partial charge in [-0.25, -0.2) is 9.97 Å². The lowest BCUT2D eigenvalue weighted by atomic mass is 9.49. The number of anilines is 1. The van der Waals surface area contributed by atoms with E-state index in [0.717, 1.165) is 59.3 Å². The van der Waals surface area contributed by atoms with Crippen LogP contribution in [0, 0.1) is 35.0 Å². The summed E-state index contributed by atoms with van der Waals surface area (Å²) < 4.78 is 12.9. The minimum Gasteiger partial charge on any atom is -0.492 e. The molecule has 2 aromatic heterocycles. The highest BCUT2D eigenvalue weighted by Gasteiger charge is 2.64. The average molecular weight is 1040 g/mol. The van der Waals surface area contributed by atoms with Crippen LogP contribution in [0.3, 0.4) is 0 Å². The Bertz CT molecular complexity index is 2950. The standard InChI is InChI=1S/C56H64ClN9O7S/c1-33(2)47(66-30-39-10-8-9-11-42(39)51(66)70)52(71)65-31-40(67)25-44(65)50(69)60-28-37-13-12-35(48-34(3)61-32-74-48)24-45(37)72-23-22-63-18-20-64(21-19-63)46-17-15-38(29-59-46)49(68)62-53-55(4,5)54(56(53,6)7)73-41-16-14-36(27-58)43(57)26-41/h8-17,24,26,29,32-33,40,44,47,53-54,67H,18-23,25,28,30-31H2,1-7H3,(H,60,69)(H,62,68)/t40?,44-,47-,53?,54?/m0/s1. The molecule has 5 aromatic rings. The molecular formula is C56H64ClN9O7S. The largest absolute Gasteiger partial charge is 0.492 e. The van der Waals surface area contributed by atoms with E-state index in [0.29, 0.717) is 52.9 Å². The Morgan fingerprint density at radius 3 is 2.41 bits per heavy atom. The molecule has 2 saturated heterocycles. The van der Waals surface area contributed by atoms with Crippen molar-refractivity contribution in [1.82, 2.24) is 35.3 Å². The Kier molecular flexibility index (Phi) is 15.1. The summed E-state index contributed by atoms with van der Waals surface area (Å²) in [5.41, 5.74) is 5.93. The van der Waals surface area contributed by atoms with Gasteiger partial charge in [0.1, 0.15) is 48.2 Å². The number of β-amino-alcohol motifs (C(OH)–C–C–N with tert-alkyl or cyclic N) is 1. The van der Waals surface area contributed by atoms with Crippen molar-refractivity contribution in [3.63, 3.8) is 0 Å². The number of amides is 4. The van der Waals surface area contributed by atoms with Gasteiger partial charge in [0.25, 0.3) is 11.8 Å². The second-order valence-electron chi connectivity index (χ2n) is 21.4. The molecule has 3 aromatic carbocycles. The van der Waals surface area contributed by atoms with Crippen LogP contribution in [0.5, 0.6) is 11.5 Å². The number of hydrogen-bond acceptors (Lipinski definition) is 13. The monoisotopic (exact) mass is 1040 g/mol. The molecule has 4 aliphatic rings. The van der Waals surface area contributed by atoms with Crippen molar-refractivity contribution in [1.29, 1.82) is 5.26 Å². The summed E-state index contributed by atoms with van der Waals surface area (Å²) in [5.74, 6) is 0.611. The van der Waals surface area contributed by atoms with Gasteiger partial charge in [-0.15, -0.1) is 11.3 Å². The molecule has 74 heavy (non-hydrogen) atoms. The molecule has 3 N–H and O–H groups in total. The van der Waals surface area contributed by atoms with Crippen LogP contribution in [0.2, 0.25) is 5.02 Å². The first-order valence-corrected chi connectivity index (χ1v) is 26.5. The normalized spacial score (nSPS) is 21.4.